The Balaban J connectivity index is 1.51. The van der Waals surface area contributed by atoms with Gasteiger partial charge in [-0.05, 0) is 56.2 Å². The van der Waals surface area contributed by atoms with Gasteiger partial charge in [-0.25, -0.2) is 4.79 Å². The Kier molecular flexibility index (Phi) is 7.61. The molecule has 1 aliphatic carbocycles. The van der Waals surface area contributed by atoms with Crippen molar-refractivity contribution in [2.75, 3.05) is 0 Å². The minimum atomic E-state index is -0.567. The number of amides is 3. The molecular weight excluding hydrogens is 460 g/mol. The van der Waals surface area contributed by atoms with Gasteiger partial charge in [-0.3, -0.25) is 19.7 Å². The number of urea groups is 1. The van der Waals surface area contributed by atoms with Gasteiger partial charge >= 0.3 is 6.03 Å². The normalized spacial score (nSPS) is 15.1. The SMILES string of the molecule is C[C@H](Sc1nnc(-c2ccncc2)n1-c1ccc(Cl)cc1)C(=O)NC(=O)NC1CCCCC1. The number of hydrogen-bond donors (Lipinski definition) is 2. The average Bonchev–Trinajstić information content (AvgIpc) is 3.24. The number of hydrogen-bond acceptors (Lipinski definition) is 6. The van der Waals surface area contributed by atoms with Crippen molar-refractivity contribution in [3.05, 3.63) is 53.8 Å². The first-order valence-corrected chi connectivity index (χ1v) is 12.2. The summed E-state index contributed by atoms with van der Waals surface area (Å²) in [4.78, 5) is 29.0. The smallest absolute Gasteiger partial charge is 0.321 e. The zero-order chi connectivity index (χ0) is 23.2. The van der Waals surface area contributed by atoms with Gasteiger partial charge in [0.15, 0.2) is 11.0 Å². The molecule has 0 radical (unpaired) electrons. The second-order valence-corrected chi connectivity index (χ2v) is 9.66. The van der Waals surface area contributed by atoms with Crippen molar-refractivity contribution >= 4 is 35.3 Å². The number of nitrogens with one attached hydrogen (secondary N) is 2. The minimum Gasteiger partial charge on any atom is -0.335 e. The van der Waals surface area contributed by atoms with E-state index in [2.05, 4.69) is 25.8 Å². The number of rotatable bonds is 6. The molecule has 0 bridgehead atoms. The molecule has 1 aromatic carbocycles. The van der Waals surface area contributed by atoms with E-state index in [9.17, 15) is 9.59 Å². The Morgan fingerprint density at radius 2 is 1.76 bits per heavy atom. The Bertz CT molecular complexity index is 1100. The number of thioether (sulfide) groups is 1. The van der Waals surface area contributed by atoms with Crippen LogP contribution < -0.4 is 10.6 Å². The molecular formula is C23H25ClN6O2S. The monoisotopic (exact) mass is 484 g/mol. The summed E-state index contributed by atoms with van der Waals surface area (Å²) >= 11 is 7.30. The molecule has 2 aromatic heterocycles. The zero-order valence-corrected chi connectivity index (χ0v) is 19.8. The van der Waals surface area contributed by atoms with Crippen molar-refractivity contribution in [2.24, 2.45) is 0 Å². The van der Waals surface area contributed by atoms with E-state index in [0.29, 0.717) is 16.0 Å². The molecule has 33 heavy (non-hydrogen) atoms. The first-order valence-electron chi connectivity index (χ1n) is 10.9. The van der Waals surface area contributed by atoms with Crippen molar-refractivity contribution in [2.45, 2.75) is 55.5 Å². The third-order valence-corrected chi connectivity index (χ3v) is 6.78. The van der Waals surface area contributed by atoms with Crippen molar-refractivity contribution in [1.82, 2.24) is 30.4 Å². The lowest BCUT2D eigenvalue weighted by Gasteiger charge is -2.23. The Morgan fingerprint density at radius 1 is 1.06 bits per heavy atom. The first-order chi connectivity index (χ1) is 16.0. The standard InChI is InChI=1S/C23H25ClN6O2S/c1-15(21(31)27-22(32)26-18-5-3-2-4-6-18)33-23-29-28-20(16-11-13-25-14-12-16)30(23)19-9-7-17(24)8-10-19/h7-15,18H,2-6H2,1H3,(H2,26,27,31,32)/t15-/m0/s1. The summed E-state index contributed by atoms with van der Waals surface area (Å²) < 4.78 is 1.86. The Morgan fingerprint density at radius 3 is 2.45 bits per heavy atom. The van der Waals surface area contributed by atoms with Crippen LogP contribution >= 0.6 is 23.4 Å². The number of benzene rings is 1. The number of aromatic nitrogens is 4. The van der Waals surface area contributed by atoms with E-state index in [1.165, 1.54) is 18.2 Å². The molecule has 1 saturated carbocycles. The summed E-state index contributed by atoms with van der Waals surface area (Å²) in [6, 6.07) is 10.7. The van der Waals surface area contributed by atoms with Crippen molar-refractivity contribution in [1.29, 1.82) is 0 Å². The van der Waals surface area contributed by atoms with Gasteiger partial charge in [0, 0.05) is 34.7 Å². The van der Waals surface area contributed by atoms with Crippen LogP contribution in [-0.4, -0.2) is 43.0 Å². The predicted octanol–water partition coefficient (Wildman–Crippen LogP) is 4.62. The third kappa shape index (κ3) is 5.91. The molecule has 1 aliphatic rings. The van der Waals surface area contributed by atoms with Crippen LogP contribution in [0.15, 0.2) is 53.9 Å². The van der Waals surface area contributed by atoms with Crippen LogP contribution in [0, 0.1) is 0 Å². The van der Waals surface area contributed by atoms with Crippen LogP contribution in [0.1, 0.15) is 39.0 Å². The molecule has 2 N–H and O–H groups in total. The molecule has 10 heteroatoms. The van der Waals surface area contributed by atoms with Crippen molar-refractivity contribution in [3.63, 3.8) is 0 Å². The molecule has 0 unspecified atom stereocenters. The summed E-state index contributed by atoms with van der Waals surface area (Å²) in [5.41, 5.74) is 1.64. The summed E-state index contributed by atoms with van der Waals surface area (Å²) in [7, 11) is 0. The van der Waals surface area contributed by atoms with Gasteiger partial charge in [0.2, 0.25) is 5.91 Å². The van der Waals surface area contributed by atoms with E-state index in [4.69, 9.17) is 11.6 Å². The topological polar surface area (TPSA) is 102 Å². The summed E-state index contributed by atoms with van der Waals surface area (Å²) in [5.74, 6) is 0.231. The van der Waals surface area contributed by atoms with Gasteiger partial charge in [-0.2, -0.15) is 0 Å². The highest BCUT2D eigenvalue weighted by Gasteiger charge is 2.24. The van der Waals surface area contributed by atoms with Gasteiger partial charge in [0.1, 0.15) is 0 Å². The van der Waals surface area contributed by atoms with Crippen LogP contribution in [0.4, 0.5) is 4.79 Å². The molecule has 0 aliphatic heterocycles. The number of pyridine rings is 1. The van der Waals surface area contributed by atoms with Crippen LogP contribution in [-0.2, 0) is 4.79 Å². The molecule has 3 aromatic rings. The zero-order valence-electron chi connectivity index (χ0n) is 18.2. The minimum absolute atomic E-state index is 0.130. The number of halogens is 1. The fourth-order valence-electron chi connectivity index (χ4n) is 3.75. The molecule has 4 rings (SSSR count). The van der Waals surface area contributed by atoms with E-state index in [-0.39, 0.29) is 11.9 Å². The Labute approximate surface area is 201 Å². The van der Waals surface area contributed by atoms with E-state index >= 15 is 0 Å². The number of nitrogens with zero attached hydrogens (tertiary/aromatic N) is 4. The van der Waals surface area contributed by atoms with Crippen molar-refractivity contribution in [3.8, 4) is 17.1 Å². The summed E-state index contributed by atoms with van der Waals surface area (Å²) in [5, 5.41) is 14.6. The lowest BCUT2D eigenvalue weighted by atomic mass is 9.96. The predicted molar refractivity (Wildman–Crippen MR) is 128 cm³/mol. The lowest BCUT2D eigenvalue weighted by molar-refractivity contribution is -0.119. The lowest BCUT2D eigenvalue weighted by Crippen LogP contribution is -2.47. The maximum absolute atomic E-state index is 12.7. The Hall–Kier alpha value is -2.91. The van der Waals surface area contributed by atoms with Gasteiger partial charge in [-0.1, -0.05) is 42.6 Å². The van der Waals surface area contributed by atoms with Gasteiger partial charge in [-0.15, -0.1) is 10.2 Å². The van der Waals surface area contributed by atoms with Crippen LogP contribution in [0.25, 0.3) is 17.1 Å². The highest BCUT2D eigenvalue weighted by molar-refractivity contribution is 8.00. The second kappa shape index (κ2) is 10.8. The molecule has 0 spiro atoms. The number of imide groups is 1. The number of carbonyl (C=O) groups excluding carboxylic acids is 2. The molecule has 0 saturated heterocycles. The third-order valence-electron chi connectivity index (χ3n) is 5.49. The van der Waals surface area contributed by atoms with Gasteiger partial charge < -0.3 is 5.32 Å². The maximum atomic E-state index is 12.7. The summed E-state index contributed by atoms with van der Waals surface area (Å²) in [6.45, 7) is 1.74. The molecule has 8 nitrogen and oxygen atoms in total. The highest BCUT2D eigenvalue weighted by Crippen LogP contribution is 2.30. The molecule has 1 fully saturated rings. The molecule has 172 valence electrons. The van der Waals surface area contributed by atoms with E-state index in [0.717, 1.165) is 36.9 Å². The number of carbonyl (C=O) groups is 2. The van der Waals surface area contributed by atoms with Gasteiger partial charge in [0.05, 0.1) is 5.25 Å². The first kappa shape index (κ1) is 23.3. The van der Waals surface area contributed by atoms with Crippen LogP contribution in [0.3, 0.4) is 0 Å². The van der Waals surface area contributed by atoms with Gasteiger partial charge in [0.25, 0.3) is 0 Å². The average molecular weight is 485 g/mol. The molecule has 3 amide bonds. The quantitative estimate of drug-likeness (QED) is 0.495. The van der Waals surface area contributed by atoms with Crippen LogP contribution in [0.5, 0.6) is 0 Å². The maximum Gasteiger partial charge on any atom is 0.321 e. The highest BCUT2D eigenvalue weighted by atomic mass is 35.5. The van der Waals surface area contributed by atoms with E-state index in [1.807, 2.05) is 28.8 Å². The fourth-order valence-corrected chi connectivity index (χ4v) is 4.74. The second-order valence-electron chi connectivity index (χ2n) is 7.91. The van der Waals surface area contributed by atoms with Crippen molar-refractivity contribution < 1.29 is 9.59 Å². The van der Waals surface area contributed by atoms with Crippen LogP contribution in [0.2, 0.25) is 5.02 Å². The van der Waals surface area contributed by atoms with E-state index in [1.54, 1.807) is 31.5 Å². The van der Waals surface area contributed by atoms with E-state index < -0.39 is 11.3 Å². The molecule has 2 heterocycles. The molecule has 1 atom stereocenters. The largest absolute Gasteiger partial charge is 0.335 e. The summed E-state index contributed by atoms with van der Waals surface area (Å²) in [6.07, 6.45) is 8.68. The fraction of sp³-hybridized carbons (Fsp3) is 0.348.